The van der Waals surface area contributed by atoms with Crippen LogP contribution in [0.15, 0.2) is 48.8 Å². The molecule has 0 aliphatic rings. The minimum absolute atomic E-state index is 0.977. The number of hydrogen-bond donors (Lipinski definition) is 6. The lowest BCUT2D eigenvalue weighted by atomic mass is 10.1. The summed E-state index contributed by atoms with van der Waals surface area (Å²) in [6.07, 6.45) is 3.60. The lowest BCUT2D eigenvalue weighted by molar-refractivity contribution is 0.276. The number of rotatable bonds is 0. The van der Waals surface area contributed by atoms with Crippen molar-refractivity contribution < 1.29 is 30.1 Å². The Morgan fingerprint density at radius 1 is 0.591 bits per heavy atom. The van der Waals surface area contributed by atoms with Gasteiger partial charge >= 0.3 is 14.6 Å². The molecular formula is C12H14B2N2O6. The highest BCUT2D eigenvalue weighted by Crippen LogP contribution is 2.20. The molecule has 6 N–H and O–H groups in total. The Morgan fingerprint density at radius 2 is 0.909 bits per heavy atom. The molecule has 0 atom stereocenters. The average Bonchev–Trinajstić information content (AvgIpc) is 2.46. The van der Waals surface area contributed by atoms with Crippen LogP contribution in [0.2, 0.25) is 0 Å². The van der Waals surface area contributed by atoms with Crippen molar-refractivity contribution in [2.24, 2.45) is 0 Å². The summed E-state index contributed by atoms with van der Waals surface area (Å²) in [5, 5.41) is 45.3. The van der Waals surface area contributed by atoms with Gasteiger partial charge in [-0.15, -0.1) is 0 Å². The predicted octanol–water partition coefficient (Wildman–Crippen LogP) is -1.32. The van der Waals surface area contributed by atoms with Crippen LogP contribution in [-0.2, 0) is 0 Å². The first-order valence-corrected chi connectivity index (χ1v) is 6.08. The second kappa shape index (κ2) is 9.05. The van der Waals surface area contributed by atoms with Crippen LogP contribution in [0, 0.1) is 0 Å². The number of benzene rings is 1. The first kappa shape index (κ1) is 18.0. The van der Waals surface area contributed by atoms with Crippen molar-refractivity contribution >= 4 is 36.4 Å². The fourth-order valence-electron chi connectivity index (χ4n) is 1.68. The van der Waals surface area contributed by atoms with Crippen molar-refractivity contribution in [2.75, 3.05) is 0 Å². The van der Waals surface area contributed by atoms with E-state index in [-0.39, 0.29) is 0 Å². The van der Waals surface area contributed by atoms with E-state index < -0.39 is 14.6 Å². The molecule has 1 aromatic carbocycles. The first-order chi connectivity index (χ1) is 10.4. The van der Waals surface area contributed by atoms with E-state index in [1.54, 1.807) is 12.4 Å². The number of hydrogen-bond acceptors (Lipinski definition) is 8. The van der Waals surface area contributed by atoms with Crippen LogP contribution in [0.1, 0.15) is 0 Å². The molecule has 0 amide bonds. The van der Waals surface area contributed by atoms with Gasteiger partial charge in [0.15, 0.2) is 0 Å². The van der Waals surface area contributed by atoms with Gasteiger partial charge in [0.25, 0.3) is 0 Å². The van der Waals surface area contributed by atoms with Crippen LogP contribution in [-0.4, -0.2) is 54.8 Å². The van der Waals surface area contributed by atoms with E-state index in [4.69, 9.17) is 30.1 Å². The predicted molar refractivity (Wildman–Crippen MR) is 81.9 cm³/mol. The molecule has 2 heterocycles. The maximum atomic E-state index is 7.17. The molecule has 3 aromatic rings. The summed E-state index contributed by atoms with van der Waals surface area (Å²) >= 11 is 0. The smallest absolute Gasteiger partial charge is 0.402 e. The highest BCUT2D eigenvalue weighted by atomic mass is 16.5. The molecule has 3 rings (SSSR count). The van der Waals surface area contributed by atoms with Gasteiger partial charge in [0, 0.05) is 23.2 Å². The van der Waals surface area contributed by atoms with Crippen molar-refractivity contribution in [1.29, 1.82) is 0 Å². The minimum Gasteiger partial charge on any atom is -0.402 e. The molecule has 0 bridgehead atoms. The van der Waals surface area contributed by atoms with Gasteiger partial charge in [0.05, 0.1) is 11.0 Å². The van der Waals surface area contributed by atoms with Gasteiger partial charge in [-0.25, -0.2) is 0 Å². The van der Waals surface area contributed by atoms with Crippen LogP contribution in [0.3, 0.4) is 0 Å². The summed E-state index contributed by atoms with van der Waals surface area (Å²) in [5.74, 6) is 0. The first-order valence-electron chi connectivity index (χ1n) is 6.08. The zero-order valence-electron chi connectivity index (χ0n) is 11.4. The van der Waals surface area contributed by atoms with Crippen LogP contribution in [0.25, 0.3) is 21.8 Å². The fraction of sp³-hybridized carbons (Fsp3) is 0. The largest absolute Gasteiger partial charge is 0.631 e. The van der Waals surface area contributed by atoms with E-state index in [1.165, 1.54) is 0 Å². The van der Waals surface area contributed by atoms with E-state index in [0.717, 1.165) is 21.8 Å². The van der Waals surface area contributed by atoms with Crippen molar-refractivity contribution in [3.05, 3.63) is 48.8 Å². The summed E-state index contributed by atoms with van der Waals surface area (Å²) < 4.78 is 0. The Morgan fingerprint density at radius 3 is 1.23 bits per heavy atom. The van der Waals surface area contributed by atoms with Gasteiger partial charge in [-0.3, -0.25) is 9.97 Å². The summed E-state index contributed by atoms with van der Waals surface area (Å²) in [4.78, 5) is 8.69. The molecule has 0 aliphatic heterocycles. The second-order valence-corrected chi connectivity index (χ2v) is 3.91. The van der Waals surface area contributed by atoms with Gasteiger partial charge in [-0.05, 0) is 12.1 Å². The standard InChI is InChI=1S/C12H8N2.2BH3O3/c1-3-9-5-6-10-4-2-8-14-12(10)11(9)13-7-1;2*2-1(3)4/h1-8H;2*2-4H. The van der Waals surface area contributed by atoms with Crippen LogP contribution < -0.4 is 0 Å². The Hall–Kier alpha value is -2.07. The Balaban J connectivity index is 0.000000257. The summed E-state index contributed by atoms with van der Waals surface area (Å²) in [6.45, 7) is 0. The topological polar surface area (TPSA) is 147 Å². The zero-order chi connectivity index (χ0) is 16.5. The third kappa shape index (κ3) is 6.14. The van der Waals surface area contributed by atoms with Crippen molar-refractivity contribution in [3.8, 4) is 0 Å². The van der Waals surface area contributed by atoms with Crippen molar-refractivity contribution in [1.82, 2.24) is 9.97 Å². The lowest BCUT2D eigenvalue weighted by Gasteiger charge is -2.00. The van der Waals surface area contributed by atoms with Crippen LogP contribution in [0.4, 0.5) is 0 Å². The van der Waals surface area contributed by atoms with Gasteiger partial charge in [0.2, 0.25) is 0 Å². The molecule has 0 fully saturated rings. The van der Waals surface area contributed by atoms with E-state index in [2.05, 4.69) is 34.2 Å². The van der Waals surface area contributed by atoms with Gasteiger partial charge in [-0.1, -0.05) is 24.3 Å². The quantitative estimate of drug-likeness (QED) is 0.221. The molecule has 0 radical (unpaired) electrons. The number of fused-ring (bicyclic) bond motifs is 3. The molecule has 2 aromatic heterocycles. The number of nitrogens with zero attached hydrogens (tertiary/aromatic N) is 2. The highest BCUT2D eigenvalue weighted by Gasteiger charge is 2.00. The molecule has 0 saturated heterocycles. The van der Waals surface area contributed by atoms with Crippen LogP contribution in [0.5, 0.6) is 0 Å². The Bertz CT molecular complexity index is 647. The van der Waals surface area contributed by atoms with Gasteiger partial charge in [-0.2, -0.15) is 0 Å². The number of pyridine rings is 2. The SMILES string of the molecule is OB(O)O.OB(O)O.c1cnc2c(c1)ccc1cccnc12. The lowest BCUT2D eigenvalue weighted by Crippen LogP contribution is -2.07. The monoisotopic (exact) mass is 304 g/mol. The highest BCUT2D eigenvalue weighted by molar-refractivity contribution is 6.30. The fourth-order valence-corrected chi connectivity index (χ4v) is 1.68. The van der Waals surface area contributed by atoms with E-state index in [1.807, 2.05) is 12.1 Å². The molecule has 0 saturated carbocycles. The molecule has 0 spiro atoms. The summed E-state index contributed by atoms with van der Waals surface area (Å²) in [6, 6.07) is 12.1. The molecule has 0 unspecified atom stereocenters. The molecule has 0 aliphatic carbocycles. The Labute approximate surface area is 126 Å². The summed E-state index contributed by atoms with van der Waals surface area (Å²) in [7, 11) is -4.33. The molecule has 114 valence electrons. The van der Waals surface area contributed by atoms with E-state index in [9.17, 15) is 0 Å². The minimum atomic E-state index is -2.17. The van der Waals surface area contributed by atoms with Gasteiger partial charge < -0.3 is 30.1 Å². The third-order valence-electron chi connectivity index (χ3n) is 2.34. The average molecular weight is 304 g/mol. The van der Waals surface area contributed by atoms with Gasteiger partial charge in [0.1, 0.15) is 0 Å². The van der Waals surface area contributed by atoms with Crippen LogP contribution >= 0.6 is 0 Å². The summed E-state index contributed by atoms with van der Waals surface area (Å²) in [5.41, 5.74) is 1.95. The van der Waals surface area contributed by atoms with E-state index >= 15 is 0 Å². The number of aromatic nitrogens is 2. The molecule has 10 heteroatoms. The molecule has 22 heavy (non-hydrogen) atoms. The normalized spacial score (nSPS) is 9.36. The maximum absolute atomic E-state index is 7.17. The zero-order valence-corrected chi connectivity index (χ0v) is 11.4. The molecular weight excluding hydrogens is 290 g/mol. The van der Waals surface area contributed by atoms with Crippen molar-refractivity contribution in [3.63, 3.8) is 0 Å². The van der Waals surface area contributed by atoms with Crippen molar-refractivity contribution in [2.45, 2.75) is 0 Å². The van der Waals surface area contributed by atoms with E-state index in [0.29, 0.717) is 0 Å². The maximum Gasteiger partial charge on any atom is 0.631 e. The Kier molecular flexibility index (Phi) is 7.40. The third-order valence-corrected chi connectivity index (χ3v) is 2.34. The molecule has 8 nitrogen and oxygen atoms in total. The second-order valence-electron chi connectivity index (χ2n) is 3.91.